The summed E-state index contributed by atoms with van der Waals surface area (Å²) in [4.78, 5) is 4.65. The van der Waals surface area contributed by atoms with E-state index in [0.717, 1.165) is 42.7 Å². The first-order valence-electron chi connectivity index (χ1n) is 7.31. The van der Waals surface area contributed by atoms with Crippen molar-refractivity contribution in [2.75, 3.05) is 6.54 Å². The Labute approximate surface area is 120 Å². The minimum Gasteiger partial charge on any atom is -0.330 e. The Bertz CT molecular complexity index is 587. The monoisotopic (exact) mass is 277 g/mol. The highest BCUT2D eigenvalue weighted by molar-refractivity contribution is 5.76. The fourth-order valence-electron chi connectivity index (χ4n) is 2.66. The van der Waals surface area contributed by atoms with E-state index in [1.54, 1.807) is 12.1 Å². The molecular formula is C16H24FN3. The summed E-state index contributed by atoms with van der Waals surface area (Å²) in [5.74, 6) is 0.834. The van der Waals surface area contributed by atoms with E-state index in [1.807, 2.05) is 0 Å². The topological polar surface area (TPSA) is 43.8 Å². The van der Waals surface area contributed by atoms with E-state index in [-0.39, 0.29) is 11.2 Å². The molecule has 0 atom stereocenters. The van der Waals surface area contributed by atoms with Crippen molar-refractivity contribution in [3.63, 3.8) is 0 Å². The fraction of sp³-hybridized carbons (Fsp3) is 0.562. The zero-order valence-electron chi connectivity index (χ0n) is 12.6. The van der Waals surface area contributed by atoms with Crippen LogP contribution in [0, 0.1) is 11.2 Å². The molecule has 4 heteroatoms. The maximum Gasteiger partial charge on any atom is 0.125 e. The molecular weight excluding hydrogens is 253 g/mol. The van der Waals surface area contributed by atoms with Crippen LogP contribution in [0.3, 0.4) is 0 Å². The van der Waals surface area contributed by atoms with Gasteiger partial charge >= 0.3 is 0 Å². The van der Waals surface area contributed by atoms with Gasteiger partial charge in [-0.2, -0.15) is 0 Å². The van der Waals surface area contributed by atoms with Crippen LogP contribution in [-0.2, 0) is 13.0 Å². The summed E-state index contributed by atoms with van der Waals surface area (Å²) in [6.45, 7) is 8.06. The lowest BCUT2D eigenvalue weighted by atomic mass is 9.84. The Morgan fingerprint density at radius 1 is 1.30 bits per heavy atom. The van der Waals surface area contributed by atoms with Crippen molar-refractivity contribution < 1.29 is 4.39 Å². The predicted molar refractivity (Wildman–Crippen MR) is 81.1 cm³/mol. The van der Waals surface area contributed by atoms with Gasteiger partial charge in [0.25, 0.3) is 0 Å². The van der Waals surface area contributed by atoms with Gasteiger partial charge in [-0.3, -0.25) is 0 Å². The van der Waals surface area contributed by atoms with Crippen LogP contribution in [0.5, 0.6) is 0 Å². The Morgan fingerprint density at radius 2 is 2.05 bits per heavy atom. The molecule has 0 unspecified atom stereocenters. The molecule has 0 fully saturated rings. The molecule has 0 amide bonds. The number of hydrogen-bond donors (Lipinski definition) is 1. The molecule has 2 rings (SSSR count). The number of imidazole rings is 1. The highest BCUT2D eigenvalue weighted by atomic mass is 19.1. The van der Waals surface area contributed by atoms with Gasteiger partial charge in [-0.15, -0.1) is 0 Å². The smallest absolute Gasteiger partial charge is 0.125 e. The van der Waals surface area contributed by atoms with Crippen LogP contribution in [-0.4, -0.2) is 16.1 Å². The molecule has 0 aliphatic heterocycles. The van der Waals surface area contributed by atoms with Crippen molar-refractivity contribution in [1.82, 2.24) is 9.55 Å². The van der Waals surface area contributed by atoms with Gasteiger partial charge < -0.3 is 10.3 Å². The summed E-state index contributed by atoms with van der Waals surface area (Å²) in [7, 11) is 0. The van der Waals surface area contributed by atoms with Gasteiger partial charge in [0.1, 0.15) is 11.6 Å². The maximum atomic E-state index is 13.4. The second-order valence-corrected chi connectivity index (χ2v) is 6.11. The summed E-state index contributed by atoms with van der Waals surface area (Å²) < 4.78 is 15.5. The zero-order valence-corrected chi connectivity index (χ0v) is 12.6. The summed E-state index contributed by atoms with van der Waals surface area (Å²) in [6, 6.07) is 4.79. The average Bonchev–Trinajstić information content (AvgIpc) is 2.73. The van der Waals surface area contributed by atoms with Crippen molar-refractivity contribution in [2.24, 2.45) is 11.1 Å². The van der Waals surface area contributed by atoms with Crippen LogP contribution in [0.4, 0.5) is 4.39 Å². The molecule has 1 aromatic carbocycles. The van der Waals surface area contributed by atoms with Crippen LogP contribution in [0.1, 0.15) is 39.4 Å². The SMILES string of the molecule is CCn1c(CCC(C)(C)CCN)nc2ccc(F)cc21. The third-order valence-corrected chi connectivity index (χ3v) is 3.95. The van der Waals surface area contributed by atoms with E-state index in [0.29, 0.717) is 6.54 Å². The van der Waals surface area contributed by atoms with Crippen LogP contribution >= 0.6 is 0 Å². The van der Waals surface area contributed by atoms with Gasteiger partial charge in [-0.1, -0.05) is 13.8 Å². The Balaban J connectivity index is 2.26. The standard InChI is InChI=1S/C16H24FN3/c1-4-20-14-11-12(17)5-6-13(14)19-15(20)7-8-16(2,3)9-10-18/h5-6,11H,4,7-10,18H2,1-3H3. The minimum atomic E-state index is -0.206. The van der Waals surface area contributed by atoms with Crippen molar-refractivity contribution in [3.05, 3.63) is 29.8 Å². The Morgan fingerprint density at radius 3 is 2.70 bits per heavy atom. The number of benzene rings is 1. The number of fused-ring (bicyclic) bond motifs is 1. The Hall–Kier alpha value is -1.42. The highest BCUT2D eigenvalue weighted by Crippen LogP contribution is 2.27. The molecule has 110 valence electrons. The first-order valence-corrected chi connectivity index (χ1v) is 7.31. The lowest BCUT2D eigenvalue weighted by Crippen LogP contribution is -2.18. The third kappa shape index (κ3) is 3.18. The van der Waals surface area contributed by atoms with Gasteiger partial charge in [0.15, 0.2) is 0 Å². The largest absolute Gasteiger partial charge is 0.330 e. The van der Waals surface area contributed by atoms with E-state index in [1.165, 1.54) is 6.07 Å². The molecule has 2 N–H and O–H groups in total. The van der Waals surface area contributed by atoms with Gasteiger partial charge in [-0.05, 0) is 49.9 Å². The zero-order chi connectivity index (χ0) is 14.8. The van der Waals surface area contributed by atoms with Crippen LogP contribution in [0.2, 0.25) is 0 Å². The van der Waals surface area contributed by atoms with Crippen molar-refractivity contribution >= 4 is 11.0 Å². The van der Waals surface area contributed by atoms with E-state index < -0.39 is 0 Å². The maximum absolute atomic E-state index is 13.4. The molecule has 0 saturated carbocycles. The van der Waals surface area contributed by atoms with Crippen LogP contribution in [0.15, 0.2) is 18.2 Å². The normalized spacial score (nSPS) is 12.2. The number of aryl methyl sites for hydroxylation is 2. The van der Waals surface area contributed by atoms with Gasteiger partial charge in [0.05, 0.1) is 11.0 Å². The molecule has 1 aromatic heterocycles. The van der Waals surface area contributed by atoms with Crippen molar-refractivity contribution in [3.8, 4) is 0 Å². The van der Waals surface area contributed by atoms with E-state index in [9.17, 15) is 4.39 Å². The second kappa shape index (κ2) is 5.92. The number of nitrogens with zero attached hydrogens (tertiary/aromatic N) is 2. The number of halogens is 1. The van der Waals surface area contributed by atoms with Crippen molar-refractivity contribution in [1.29, 1.82) is 0 Å². The quantitative estimate of drug-likeness (QED) is 0.878. The molecule has 3 nitrogen and oxygen atoms in total. The Kier molecular flexibility index (Phi) is 4.43. The summed E-state index contributed by atoms with van der Waals surface area (Å²) in [6.07, 6.45) is 2.95. The number of hydrogen-bond acceptors (Lipinski definition) is 2. The number of nitrogens with two attached hydrogens (primary N) is 1. The summed E-state index contributed by atoms with van der Waals surface area (Å²) >= 11 is 0. The van der Waals surface area contributed by atoms with Gasteiger partial charge in [-0.25, -0.2) is 9.37 Å². The first-order chi connectivity index (χ1) is 9.46. The van der Waals surface area contributed by atoms with Gasteiger partial charge in [0, 0.05) is 13.0 Å². The fourth-order valence-corrected chi connectivity index (χ4v) is 2.66. The van der Waals surface area contributed by atoms with Crippen molar-refractivity contribution in [2.45, 2.75) is 46.6 Å². The molecule has 0 bridgehead atoms. The van der Waals surface area contributed by atoms with E-state index in [4.69, 9.17) is 5.73 Å². The summed E-state index contributed by atoms with van der Waals surface area (Å²) in [5.41, 5.74) is 7.64. The molecule has 0 radical (unpaired) electrons. The number of rotatable bonds is 6. The van der Waals surface area contributed by atoms with Gasteiger partial charge in [0.2, 0.25) is 0 Å². The first kappa shape index (κ1) is 15.0. The molecule has 1 heterocycles. The lowest BCUT2D eigenvalue weighted by Gasteiger charge is -2.23. The second-order valence-electron chi connectivity index (χ2n) is 6.11. The van der Waals surface area contributed by atoms with E-state index in [2.05, 4.69) is 30.3 Å². The highest BCUT2D eigenvalue weighted by Gasteiger charge is 2.19. The molecule has 0 aliphatic rings. The molecule has 20 heavy (non-hydrogen) atoms. The van der Waals surface area contributed by atoms with Crippen LogP contribution < -0.4 is 5.73 Å². The van der Waals surface area contributed by atoms with E-state index >= 15 is 0 Å². The average molecular weight is 277 g/mol. The molecule has 2 aromatic rings. The minimum absolute atomic E-state index is 0.206. The third-order valence-electron chi connectivity index (χ3n) is 3.95. The predicted octanol–water partition coefficient (Wildman–Crippen LogP) is 3.50. The molecule has 0 aliphatic carbocycles. The number of aromatic nitrogens is 2. The summed E-state index contributed by atoms with van der Waals surface area (Å²) in [5, 5.41) is 0. The van der Waals surface area contributed by atoms with Crippen LogP contribution in [0.25, 0.3) is 11.0 Å². The molecule has 0 spiro atoms. The molecule has 0 saturated heterocycles. The lowest BCUT2D eigenvalue weighted by molar-refractivity contribution is 0.309.